The minimum atomic E-state index is -3.44. The lowest BCUT2D eigenvalue weighted by Crippen LogP contribution is -2.33. The van der Waals surface area contributed by atoms with Gasteiger partial charge in [0, 0.05) is 32.4 Å². The van der Waals surface area contributed by atoms with E-state index in [9.17, 15) is 8.42 Å². The minimum absolute atomic E-state index is 0.110. The number of aromatic nitrogens is 2. The summed E-state index contributed by atoms with van der Waals surface area (Å²) in [6, 6.07) is 0.110. The first kappa shape index (κ1) is 12.5. The molecule has 0 bridgehead atoms. The molecule has 0 aromatic carbocycles. The van der Waals surface area contributed by atoms with Crippen molar-refractivity contribution in [2.45, 2.75) is 30.3 Å². The molecule has 0 amide bonds. The molecular formula is C10H18N4O2S. The molecule has 0 aliphatic carbocycles. The molecule has 1 fully saturated rings. The molecule has 2 N–H and O–H groups in total. The first-order valence-electron chi connectivity index (χ1n) is 5.74. The van der Waals surface area contributed by atoms with Gasteiger partial charge in [-0.15, -0.1) is 0 Å². The van der Waals surface area contributed by atoms with E-state index < -0.39 is 10.0 Å². The third kappa shape index (κ3) is 2.67. The molecule has 1 aliphatic heterocycles. The van der Waals surface area contributed by atoms with Gasteiger partial charge in [-0.25, -0.2) is 13.4 Å². The maximum absolute atomic E-state index is 12.3. The molecule has 1 saturated heterocycles. The molecule has 0 unspecified atom stereocenters. The van der Waals surface area contributed by atoms with Crippen LogP contribution in [0, 0.1) is 0 Å². The number of imidazole rings is 1. The summed E-state index contributed by atoms with van der Waals surface area (Å²) in [5, 5.41) is 0.121. The molecule has 1 atom stereocenters. The van der Waals surface area contributed by atoms with Gasteiger partial charge in [0.1, 0.15) is 0 Å². The fourth-order valence-corrected chi connectivity index (χ4v) is 3.45. The van der Waals surface area contributed by atoms with Crippen molar-refractivity contribution in [3.63, 3.8) is 0 Å². The lowest BCUT2D eigenvalue weighted by molar-refractivity contribution is 0.420. The largest absolute Gasteiger partial charge is 0.339 e. The van der Waals surface area contributed by atoms with Crippen molar-refractivity contribution in [3.8, 4) is 0 Å². The summed E-state index contributed by atoms with van der Waals surface area (Å²) in [5.74, 6) is 0. The summed E-state index contributed by atoms with van der Waals surface area (Å²) in [7, 11) is -1.69. The average Bonchev–Trinajstić information content (AvgIpc) is 2.58. The summed E-state index contributed by atoms with van der Waals surface area (Å²) in [4.78, 5) is 3.91. The van der Waals surface area contributed by atoms with Crippen molar-refractivity contribution in [1.82, 2.24) is 13.9 Å². The van der Waals surface area contributed by atoms with E-state index in [4.69, 9.17) is 5.73 Å². The Labute approximate surface area is 101 Å². The summed E-state index contributed by atoms with van der Waals surface area (Å²) in [6.45, 7) is 1.02. The van der Waals surface area contributed by atoms with E-state index in [2.05, 4.69) is 4.98 Å². The number of nitrogens with zero attached hydrogens (tertiary/aromatic N) is 3. The third-order valence-corrected chi connectivity index (χ3v) is 4.80. The Morgan fingerprint density at radius 2 is 2.18 bits per heavy atom. The molecule has 96 valence electrons. The fourth-order valence-electron chi connectivity index (χ4n) is 1.99. The van der Waals surface area contributed by atoms with Crippen LogP contribution in [-0.4, -0.2) is 41.4 Å². The van der Waals surface area contributed by atoms with Crippen LogP contribution in [0.2, 0.25) is 0 Å². The van der Waals surface area contributed by atoms with Gasteiger partial charge >= 0.3 is 0 Å². The van der Waals surface area contributed by atoms with Crippen molar-refractivity contribution in [1.29, 1.82) is 0 Å². The topological polar surface area (TPSA) is 81.2 Å². The van der Waals surface area contributed by atoms with Crippen LogP contribution >= 0.6 is 0 Å². The number of aryl methyl sites for hydroxylation is 1. The summed E-state index contributed by atoms with van der Waals surface area (Å²) in [6.07, 6.45) is 5.43. The zero-order valence-corrected chi connectivity index (χ0v) is 10.7. The lowest BCUT2D eigenvalue weighted by atomic mass is 10.1. The van der Waals surface area contributed by atoms with Gasteiger partial charge in [0.05, 0.1) is 6.33 Å². The van der Waals surface area contributed by atoms with E-state index in [1.165, 1.54) is 16.8 Å². The number of hydrogen-bond donors (Lipinski definition) is 1. The number of nitrogens with two attached hydrogens (primary N) is 1. The molecule has 0 spiro atoms. The second-order valence-corrected chi connectivity index (χ2v) is 6.36. The third-order valence-electron chi connectivity index (χ3n) is 3.02. The number of rotatable bonds is 2. The molecule has 0 saturated carbocycles. The van der Waals surface area contributed by atoms with Gasteiger partial charge in [-0.3, -0.25) is 0 Å². The maximum Gasteiger partial charge on any atom is 0.262 e. The van der Waals surface area contributed by atoms with Crippen molar-refractivity contribution in [3.05, 3.63) is 12.5 Å². The van der Waals surface area contributed by atoms with Gasteiger partial charge in [0.15, 0.2) is 5.03 Å². The van der Waals surface area contributed by atoms with Crippen molar-refractivity contribution < 1.29 is 8.42 Å². The second-order valence-electron chi connectivity index (χ2n) is 4.47. The molecule has 1 aliphatic rings. The highest BCUT2D eigenvalue weighted by molar-refractivity contribution is 7.89. The predicted molar refractivity (Wildman–Crippen MR) is 63.8 cm³/mol. The van der Waals surface area contributed by atoms with Gasteiger partial charge in [-0.05, 0) is 19.3 Å². The van der Waals surface area contributed by atoms with Crippen LogP contribution in [0.15, 0.2) is 17.6 Å². The van der Waals surface area contributed by atoms with Gasteiger partial charge < -0.3 is 10.3 Å². The quantitative estimate of drug-likeness (QED) is 0.804. The monoisotopic (exact) mass is 258 g/mol. The SMILES string of the molecule is Cn1cnc(S(=O)(=O)N2CCC[C@@H](N)CC2)c1. The van der Waals surface area contributed by atoms with E-state index in [0.29, 0.717) is 19.5 Å². The highest BCUT2D eigenvalue weighted by atomic mass is 32.2. The zero-order valence-electron chi connectivity index (χ0n) is 9.91. The van der Waals surface area contributed by atoms with Crippen LogP contribution in [0.5, 0.6) is 0 Å². The normalized spacial score (nSPS) is 23.5. The number of hydrogen-bond acceptors (Lipinski definition) is 4. The van der Waals surface area contributed by atoms with Crippen LogP contribution in [0.1, 0.15) is 19.3 Å². The van der Waals surface area contributed by atoms with Crippen molar-refractivity contribution in [2.75, 3.05) is 13.1 Å². The van der Waals surface area contributed by atoms with E-state index in [0.717, 1.165) is 12.8 Å². The maximum atomic E-state index is 12.3. The molecule has 17 heavy (non-hydrogen) atoms. The number of sulfonamides is 1. The average molecular weight is 258 g/mol. The molecule has 1 aromatic rings. The molecular weight excluding hydrogens is 240 g/mol. The Bertz CT molecular complexity index is 482. The van der Waals surface area contributed by atoms with E-state index in [1.54, 1.807) is 11.6 Å². The molecule has 1 aromatic heterocycles. The first-order valence-corrected chi connectivity index (χ1v) is 7.18. The fraction of sp³-hybridized carbons (Fsp3) is 0.700. The summed E-state index contributed by atoms with van der Waals surface area (Å²) < 4.78 is 27.7. The predicted octanol–water partition coefficient (Wildman–Crippen LogP) is -0.0780. The first-order chi connectivity index (χ1) is 8.00. The van der Waals surface area contributed by atoms with Gasteiger partial charge in [-0.2, -0.15) is 4.31 Å². The van der Waals surface area contributed by atoms with E-state index in [1.807, 2.05) is 0 Å². The van der Waals surface area contributed by atoms with Crippen LogP contribution in [0.4, 0.5) is 0 Å². The minimum Gasteiger partial charge on any atom is -0.339 e. The Kier molecular flexibility index (Phi) is 3.50. The van der Waals surface area contributed by atoms with Crippen LogP contribution in [0.25, 0.3) is 0 Å². The molecule has 0 radical (unpaired) electrons. The Balaban J connectivity index is 2.20. The highest BCUT2D eigenvalue weighted by Crippen LogP contribution is 2.18. The Morgan fingerprint density at radius 1 is 1.41 bits per heavy atom. The van der Waals surface area contributed by atoms with Gasteiger partial charge in [0.2, 0.25) is 0 Å². The second kappa shape index (κ2) is 4.75. The smallest absolute Gasteiger partial charge is 0.262 e. The van der Waals surface area contributed by atoms with E-state index in [-0.39, 0.29) is 11.1 Å². The van der Waals surface area contributed by atoms with Crippen LogP contribution < -0.4 is 5.73 Å². The summed E-state index contributed by atoms with van der Waals surface area (Å²) in [5.41, 5.74) is 5.84. The van der Waals surface area contributed by atoms with Crippen LogP contribution in [0.3, 0.4) is 0 Å². The van der Waals surface area contributed by atoms with Gasteiger partial charge in [-0.1, -0.05) is 0 Å². The zero-order chi connectivity index (χ0) is 12.5. The molecule has 6 nitrogen and oxygen atoms in total. The molecule has 2 heterocycles. The Morgan fingerprint density at radius 3 is 2.82 bits per heavy atom. The van der Waals surface area contributed by atoms with Crippen molar-refractivity contribution >= 4 is 10.0 Å². The summed E-state index contributed by atoms with van der Waals surface area (Å²) >= 11 is 0. The molecule has 7 heteroatoms. The van der Waals surface area contributed by atoms with Crippen molar-refractivity contribution in [2.24, 2.45) is 12.8 Å². The highest BCUT2D eigenvalue weighted by Gasteiger charge is 2.28. The van der Waals surface area contributed by atoms with Gasteiger partial charge in [0.25, 0.3) is 10.0 Å². The Hall–Kier alpha value is -0.920. The standard InChI is InChI=1S/C10H18N4O2S/c1-13-7-10(12-8-13)17(15,16)14-5-2-3-9(11)4-6-14/h7-9H,2-6,11H2,1H3/t9-/m1/s1. The van der Waals surface area contributed by atoms with Crippen LogP contribution in [-0.2, 0) is 17.1 Å². The molecule has 2 rings (SSSR count). The van der Waals surface area contributed by atoms with E-state index >= 15 is 0 Å². The lowest BCUT2D eigenvalue weighted by Gasteiger charge is -2.18.